The van der Waals surface area contributed by atoms with Crippen LogP contribution < -0.4 is 4.90 Å². The largest absolute Gasteiger partial charge is 0.476 e. The molecule has 18 heavy (non-hydrogen) atoms. The smallest absolute Gasteiger partial charge is 0.355 e. The highest BCUT2D eigenvalue weighted by molar-refractivity contribution is 5.88. The van der Waals surface area contributed by atoms with Crippen molar-refractivity contribution in [1.82, 2.24) is 14.9 Å². The monoisotopic (exact) mass is 248 g/mol. The SMILES string of the molecule is CN1Cc2nc(N3CCCC3)nc(C(=O)O)c2C1. The maximum absolute atomic E-state index is 11.3. The molecule has 0 amide bonds. The molecule has 2 aliphatic heterocycles. The van der Waals surface area contributed by atoms with Crippen molar-refractivity contribution in [3.8, 4) is 0 Å². The van der Waals surface area contributed by atoms with Crippen molar-refractivity contribution in [2.75, 3.05) is 25.0 Å². The Kier molecular flexibility index (Phi) is 2.66. The highest BCUT2D eigenvalue weighted by atomic mass is 16.4. The van der Waals surface area contributed by atoms with Gasteiger partial charge in [0, 0.05) is 31.7 Å². The predicted octanol–water partition coefficient (Wildman–Crippen LogP) is 0.720. The molecule has 0 unspecified atom stereocenters. The number of carboxylic acid groups (broad SMARTS) is 1. The van der Waals surface area contributed by atoms with Gasteiger partial charge in [-0.25, -0.2) is 14.8 Å². The van der Waals surface area contributed by atoms with Gasteiger partial charge in [-0.1, -0.05) is 0 Å². The fourth-order valence-electron chi connectivity index (χ4n) is 2.63. The van der Waals surface area contributed by atoms with Crippen LogP contribution in [0.3, 0.4) is 0 Å². The van der Waals surface area contributed by atoms with Gasteiger partial charge in [-0.15, -0.1) is 0 Å². The van der Waals surface area contributed by atoms with E-state index in [-0.39, 0.29) is 5.69 Å². The summed E-state index contributed by atoms with van der Waals surface area (Å²) in [5.41, 5.74) is 1.81. The zero-order valence-corrected chi connectivity index (χ0v) is 10.4. The van der Waals surface area contributed by atoms with Gasteiger partial charge in [-0.3, -0.25) is 4.90 Å². The molecule has 6 heteroatoms. The van der Waals surface area contributed by atoms with Crippen LogP contribution in [0.2, 0.25) is 0 Å². The minimum absolute atomic E-state index is 0.172. The number of aromatic carboxylic acids is 1. The number of anilines is 1. The molecule has 6 nitrogen and oxygen atoms in total. The first-order valence-corrected chi connectivity index (χ1v) is 6.21. The van der Waals surface area contributed by atoms with Crippen LogP contribution in [0.1, 0.15) is 34.6 Å². The van der Waals surface area contributed by atoms with Gasteiger partial charge in [-0.2, -0.15) is 0 Å². The van der Waals surface area contributed by atoms with Crippen molar-refractivity contribution >= 4 is 11.9 Å². The highest BCUT2D eigenvalue weighted by Gasteiger charge is 2.27. The molecular weight excluding hydrogens is 232 g/mol. The van der Waals surface area contributed by atoms with Crippen LogP contribution in [0.25, 0.3) is 0 Å². The lowest BCUT2D eigenvalue weighted by atomic mass is 10.2. The van der Waals surface area contributed by atoms with E-state index in [2.05, 4.69) is 19.8 Å². The number of carboxylic acids is 1. The molecule has 2 aliphatic rings. The van der Waals surface area contributed by atoms with E-state index in [0.29, 0.717) is 19.0 Å². The van der Waals surface area contributed by atoms with Gasteiger partial charge >= 0.3 is 5.97 Å². The van der Waals surface area contributed by atoms with Crippen LogP contribution in [0.4, 0.5) is 5.95 Å². The number of hydrogen-bond acceptors (Lipinski definition) is 5. The Balaban J connectivity index is 2.05. The van der Waals surface area contributed by atoms with Crippen LogP contribution in [0, 0.1) is 0 Å². The Morgan fingerprint density at radius 2 is 1.94 bits per heavy atom. The normalized spacial score (nSPS) is 19.3. The molecule has 1 saturated heterocycles. The molecule has 3 heterocycles. The second-order valence-electron chi connectivity index (χ2n) is 4.97. The molecule has 1 aromatic rings. The third-order valence-corrected chi connectivity index (χ3v) is 3.52. The van der Waals surface area contributed by atoms with E-state index in [4.69, 9.17) is 0 Å². The summed E-state index contributed by atoms with van der Waals surface area (Å²) in [4.78, 5) is 24.2. The summed E-state index contributed by atoms with van der Waals surface area (Å²) >= 11 is 0. The summed E-state index contributed by atoms with van der Waals surface area (Å²) < 4.78 is 0. The van der Waals surface area contributed by atoms with Crippen LogP contribution in [0.15, 0.2) is 0 Å². The molecular formula is C12H16N4O2. The lowest BCUT2D eigenvalue weighted by Gasteiger charge is -2.16. The Bertz CT molecular complexity index is 497. The Labute approximate surface area is 105 Å². The van der Waals surface area contributed by atoms with Gasteiger partial charge in [0.1, 0.15) is 0 Å². The Hall–Kier alpha value is -1.69. The first-order valence-electron chi connectivity index (χ1n) is 6.21. The lowest BCUT2D eigenvalue weighted by molar-refractivity contribution is 0.0688. The van der Waals surface area contributed by atoms with E-state index in [1.165, 1.54) is 0 Å². The van der Waals surface area contributed by atoms with Crippen molar-refractivity contribution in [3.63, 3.8) is 0 Å². The van der Waals surface area contributed by atoms with Crippen molar-refractivity contribution < 1.29 is 9.90 Å². The van der Waals surface area contributed by atoms with E-state index in [1.807, 2.05) is 7.05 Å². The van der Waals surface area contributed by atoms with E-state index >= 15 is 0 Å². The first-order chi connectivity index (χ1) is 8.65. The molecule has 0 aromatic carbocycles. The molecule has 1 fully saturated rings. The highest BCUT2D eigenvalue weighted by Crippen LogP contribution is 2.26. The molecule has 0 bridgehead atoms. The molecule has 0 aliphatic carbocycles. The van der Waals surface area contributed by atoms with Gasteiger partial charge in [0.15, 0.2) is 5.69 Å². The number of hydrogen-bond donors (Lipinski definition) is 1. The van der Waals surface area contributed by atoms with Crippen molar-refractivity contribution in [2.24, 2.45) is 0 Å². The molecule has 0 saturated carbocycles. The standard InChI is InChI=1S/C12H16N4O2/c1-15-6-8-9(7-15)13-12(14-10(8)11(17)18)16-4-2-3-5-16/h2-7H2,1H3,(H,17,18). The molecule has 0 spiro atoms. The molecule has 0 radical (unpaired) electrons. The van der Waals surface area contributed by atoms with Crippen molar-refractivity contribution in [1.29, 1.82) is 0 Å². The molecule has 96 valence electrons. The fraction of sp³-hybridized carbons (Fsp3) is 0.583. The Morgan fingerprint density at radius 1 is 1.22 bits per heavy atom. The number of aromatic nitrogens is 2. The Morgan fingerprint density at radius 3 is 2.61 bits per heavy atom. The van der Waals surface area contributed by atoms with Crippen molar-refractivity contribution in [3.05, 3.63) is 17.0 Å². The summed E-state index contributed by atoms with van der Waals surface area (Å²) in [5.74, 6) is -0.372. The van der Waals surface area contributed by atoms with Crippen LogP contribution in [-0.4, -0.2) is 46.1 Å². The lowest BCUT2D eigenvalue weighted by Crippen LogP contribution is -2.23. The van der Waals surface area contributed by atoms with Gasteiger partial charge in [0.25, 0.3) is 0 Å². The van der Waals surface area contributed by atoms with Crippen molar-refractivity contribution in [2.45, 2.75) is 25.9 Å². The van der Waals surface area contributed by atoms with Crippen LogP contribution >= 0.6 is 0 Å². The summed E-state index contributed by atoms with van der Waals surface area (Å²) in [6, 6.07) is 0. The molecule has 1 N–H and O–H groups in total. The molecule has 0 atom stereocenters. The second kappa shape index (κ2) is 4.20. The van der Waals surface area contributed by atoms with Gasteiger partial charge in [0.2, 0.25) is 5.95 Å². The van der Waals surface area contributed by atoms with E-state index in [1.54, 1.807) is 0 Å². The zero-order chi connectivity index (χ0) is 12.7. The molecule has 1 aromatic heterocycles. The maximum atomic E-state index is 11.3. The topological polar surface area (TPSA) is 69.6 Å². The summed E-state index contributed by atoms with van der Waals surface area (Å²) in [7, 11) is 1.96. The minimum atomic E-state index is -0.954. The average molecular weight is 248 g/mol. The number of rotatable bonds is 2. The third kappa shape index (κ3) is 1.82. The maximum Gasteiger partial charge on any atom is 0.355 e. The van der Waals surface area contributed by atoms with E-state index < -0.39 is 5.97 Å². The van der Waals surface area contributed by atoms with E-state index in [0.717, 1.165) is 37.2 Å². The fourth-order valence-corrected chi connectivity index (χ4v) is 2.63. The summed E-state index contributed by atoms with van der Waals surface area (Å²) in [6.07, 6.45) is 2.26. The summed E-state index contributed by atoms with van der Waals surface area (Å²) in [6.45, 7) is 3.18. The predicted molar refractivity (Wildman–Crippen MR) is 65.6 cm³/mol. The average Bonchev–Trinajstić information content (AvgIpc) is 2.93. The van der Waals surface area contributed by atoms with Gasteiger partial charge in [-0.05, 0) is 19.9 Å². The number of nitrogens with zero attached hydrogens (tertiary/aromatic N) is 4. The van der Waals surface area contributed by atoms with Crippen LogP contribution in [-0.2, 0) is 13.1 Å². The zero-order valence-electron chi connectivity index (χ0n) is 10.4. The first kappa shape index (κ1) is 11.4. The minimum Gasteiger partial charge on any atom is -0.476 e. The summed E-state index contributed by atoms with van der Waals surface area (Å²) in [5, 5.41) is 9.28. The number of fused-ring (bicyclic) bond motifs is 1. The molecule has 3 rings (SSSR count). The number of carbonyl (C=O) groups is 1. The van der Waals surface area contributed by atoms with Gasteiger partial charge in [0.05, 0.1) is 5.69 Å². The third-order valence-electron chi connectivity index (χ3n) is 3.52. The quantitative estimate of drug-likeness (QED) is 0.831. The second-order valence-corrected chi connectivity index (χ2v) is 4.97. The van der Waals surface area contributed by atoms with E-state index in [9.17, 15) is 9.90 Å². The van der Waals surface area contributed by atoms with Gasteiger partial charge < -0.3 is 10.0 Å². The van der Waals surface area contributed by atoms with Crippen LogP contribution in [0.5, 0.6) is 0 Å².